The highest BCUT2D eigenvalue weighted by Crippen LogP contribution is 2.41. The van der Waals surface area contributed by atoms with Gasteiger partial charge in [-0.1, -0.05) is 0 Å². The van der Waals surface area contributed by atoms with E-state index in [1.54, 1.807) is 6.92 Å². The lowest BCUT2D eigenvalue weighted by Crippen LogP contribution is -2.43. The summed E-state index contributed by atoms with van der Waals surface area (Å²) in [6.45, 7) is 1.82. The molecule has 0 aromatic rings. The number of hydrogen-bond acceptors (Lipinski definition) is 6. The van der Waals surface area contributed by atoms with Crippen molar-refractivity contribution in [2.45, 2.75) is 44.1 Å². The number of nitrogens with zero attached hydrogens (tertiary/aromatic N) is 1. The number of carboxylic acid groups (broad SMARTS) is 2. The largest absolute Gasteiger partial charge is 0.506 e. The first-order valence-corrected chi connectivity index (χ1v) is 6.20. The fraction of sp³-hybridized carbons (Fsp3) is 0.727. The van der Waals surface area contributed by atoms with Crippen LogP contribution in [0.2, 0.25) is 0 Å². The van der Waals surface area contributed by atoms with Gasteiger partial charge in [0.25, 0.3) is 0 Å². The number of rotatable bonds is 3. The Balaban J connectivity index is 2.20. The molecule has 0 aromatic heterocycles. The molecule has 2 rings (SSSR count). The molecular weight excluding hydrogens is 274 g/mol. The number of carbonyl (C=O) groups is 3. The van der Waals surface area contributed by atoms with Crippen LogP contribution < -0.4 is 0 Å². The Morgan fingerprint density at radius 3 is 1.85 bits per heavy atom. The summed E-state index contributed by atoms with van der Waals surface area (Å²) in [5.74, 6) is 0. The molecule has 2 aliphatic heterocycles. The molecule has 4 atom stereocenters. The Labute approximate surface area is 114 Å². The van der Waals surface area contributed by atoms with Crippen LogP contribution in [0.1, 0.15) is 19.8 Å². The molecule has 1 amide bonds. The summed E-state index contributed by atoms with van der Waals surface area (Å²) in [7, 11) is 0. The lowest BCUT2D eigenvalue weighted by atomic mass is 9.95. The molecular formula is C11H15NO8. The zero-order valence-electron chi connectivity index (χ0n) is 10.7. The zero-order chi connectivity index (χ0) is 14.9. The number of ether oxygens (including phenoxy) is 3. The highest BCUT2D eigenvalue weighted by atomic mass is 16.7. The summed E-state index contributed by atoms with van der Waals surface area (Å²) in [5, 5.41) is 17.4. The van der Waals surface area contributed by atoms with E-state index in [1.165, 1.54) is 4.90 Å². The Kier molecular flexibility index (Phi) is 3.86. The van der Waals surface area contributed by atoms with Crippen molar-refractivity contribution >= 4 is 18.4 Å². The minimum Gasteiger partial charge on any atom is -0.450 e. The predicted molar refractivity (Wildman–Crippen MR) is 61.5 cm³/mol. The van der Waals surface area contributed by atoms with E-state index >= 15 is 0 Å². The Morgan fingerprint density at radius 1 is 1.05 bits per heavy atom. The van der Waals surface area contributed by atoms with E-state index in [0.717, 1.165) is 0 Å². The van der Waals surface area contributed by atoms with E-state index in [-0.39, 0.29) is 6.61 Å². The second-order valence-electron chi connectivity index (χ2n) is 4.51. The second kappa shape index (κ2) is 5.43. The van der Waals surface area contributed by atoms with Gasteiger partial charge in [-0.15, -0.1) is 0 Å². The molecule has 2 bridgehead atoms. The fourth-order valence-corrected chi connectivity index (χ4v) is 2.94. The highest BCUT2D eigenvalue weighted by Gasteiger charge is 2.59. The molecule has 112 valence electrons. The molecule has 0 aromatic carbocycles. The SMILES string of the molecule is CCOC(=O)N1C2CCC1C(OC(=O)O)C2OC(=O)O. The number of hydrogen-bond donors (Lipinski definition) is 2. The van der Waals surface area contributed by atoms with Crippen molar-refractivity contribution in [1.29, 1.82) is 0 Å². The van der Waals surface area contributed by atoms with Crippen molar-refractivity contribution in [2.24, 2.45) is 0 Å². The van der Waals surface area contributed by atoms with Crippen LogP contribution in [0.3, 0.4) is 0 Å². The van der Waals surface area contributed by atoms with Gasteiger partial charge in [0.2, 0.25) is 0 Å². The van der Waals surface area contributed by atoms with E-state index in [0.29, 0.717) is 12.8 Å². The summed E-state index contributed by atoms with van der Waals surface area (Å²) in [6.07, 6.45) is -4.70. The quantitative estimate of drug-likeness (QED) is 0.585. The molecule has 9 heteroatoms. The third kappa shape index (κ3) is 2.43. The third-order valence-corrected chi connectivity index (χ3v) is 3.51. The topological polar surface area (TPSA) is 123 Å². The molecule has 20 heavy (non-hydrogen) atoms. The van der Waals surface area contributed by atoms with Crippen molar-refractivity contribution < 1.29 is 38.8 Å². The van der Waals surface area contributed by atoms with E-state index in [2.05, 4.69) is 0 Å². The van der Waals surface area contributed by atoms with Crippen LogP contribution in [-0.2, 0) is 14.2 Å². The molecule has 0 aliphatic carbocycles. The van der Waals surface area contributed by atoms with Crippen LogP contribution in [0.5, 0.6) is 0 Å². The van der Waals surface area contributed by atoms with Crippen molar-refractivity contribution in [3.63, 3.8) is 0 Å². The first-order valence-electron chi connectivity index (χ1n) is 6.20. The van der Waals surface area contributed by atoms with Gasteiger partial charge in [-0.25, -0.2) is 14.4 Å². The maximum Gasteiger partial charge on any atom is 0.506 e. The first-order chi connectivity index (χ1) is 9.45. The zero-order valence-corrected chi connectivity index (χ0v) is 10.7. The van der Waals surface area contributed by atoms with Crippen molar-refractivity contribution in [3.8, 4) is 0 Å². The molecule has 2 N–H and O–H groups in total. The summed E-state index contributed by atoms with van der Waals surface area (Å²) < 4.78 is 14.3. The molecule has 2 heterocycles. The smallest absolute Gasteiger partial charge is 0.450 e. The summed E-state index contributed by atoms with van der Waals surface area (Å²) in [5.41, 5.74) is 0. The molecule has 2 saturated heterocycles. The molecule has 0 spiro atoms. The monoisotopic (exact) mass is 289 g/mol. The van der Waals surface area contributed by atoms with Crippen LogP contribution in [0.4, 0.5) is 14.4 Å². The van der Waals surface area contributed by atoms with Crippen LogP contribution in [-0.4, -0.2) is 64.4 Å². The fourth-order valence-electron chi connectivity index (χ4n) is 2.94. The second-order valence-corrected chi connectivity index (χ2v) is 4.51. The summed E-state index contributed by atoms with van der Waals surface area (Å²) >= 11 is 0. The Bertz CT molecular complexity index is 395. The minimum atomic E-state index is -1.54. The molecule has 9 nitrogen and oxygen atoms in total. The highest BCUT2D eigenvalue weighted by molar-refractivity contribution is 5.70. The Hall–Kier alpha value is -2.19. The van der Waals surface area contributed by atoms with Crippen molar-refractivity contribution in [3.05, 3.63) is 0 Å². The number of amides is 1. The van der Waals surface area contributed by atoms with Gasteiger partial charge in [-0.2, -0.15) is 0 Å². The molecule has 4 unspecified atom stereocenters. The standard InChI is InChI=1S/C11H15NO8/c1-2-18-9(13)12-5-3-4-6(12)8(20-11(16)17)7(5)19-10(14)15/h5-8H,2-4H2,1H3,(H,14,15)(H,16,17). The van der Waals surface area contributed by atoms with Gasteiger partial charge in [0.15, 0.2) is 12.2 Å². The molecule has 2 aliphatic rings. The summed E-state index contributed by atoms with van der Waals surface area (Å²) in [4.78, 5) is 34.6. The van der Waals surface area contributed by atoms with Gasteiger partial charge >= 0.3 is 18.4 Å². The number of fused-ring (bicyclic) bond motifs is 2. The maximum atomic E-state index is 11.9. The average Bonchev–Trinajstić information content (AvgIpc) is 2.86. The van der Waals surface area contributed by atoms with Crippen LogP contribution in [0, 0.1) is 0 Å². The number of carbonyl (C=O) groups excluding carboxylic acids is 1. The van der Waals surface area contributed by atoms with Gasteiger partial charge in [-0.3, -0.25) is 4.90 Å². The lowest BCUT2D eigenvalue weighted by molar-refractivity contribution is -0.0439. The van der Waals surface area contributed by atoms with Crippen LogP contribution >= 0.6 is 0 Å². The molecule has 2 fully saturated rings. The lowest BCUT2D eigenvalue weighted by Gasteiger charge is -2.25. The minimum absolute atomic E-state index is 0.170. The van der Waals surface area contributed by atoms with Gasteiger partial charge in [0, 0.05) is 0 Å². The van der Waals surface area contributed by atoms with Crippen molar-refractivity contribution in [2.75, 3.05) is 6.61 Å². The van der Waals surface area contributed by atoms with Gasteiger partial charge in [0.1, 0.15) is 0 Å². The molecule has 0 saturated carbocycles. The third-order valence-electron chi connectivity index (χ3n) is 3.51. The van der Waals surface area contributed by atoms with Crippen LogP contribution in [0.25, 0.3) is 0 Å². The van der Waals surface area contributed by atoms with E-state index < -0.39 is 42.7 Å². The van der Waals surface area contributed by atoms with E-state index in [9.17, 15) is 14.4 Å². The molecule has 0 radical (unpaired) electrons. The first kappa shape index (κ1) is 14.2. The van der Waals surface area contributed by atoms with Crippen LogP contribution in [0.15, 0.2) is 0 Å². The normalized spacial score (nSPS) is 30.9. The van der Waals surface area contributed by atoms with Gasteiger partial charge in [-0.05, 0) is 19.8 Å². The average molecular weight is 289 g/mol. The van der Waals surface area contributed by atoms with Gasteiger partial charge in [0.05, 0.1) is 18.7 Å². The van der Waals surface area contributed by atoms with Gasteiger partial charge < -0.3 is 24.4 Å². The summed E-state index contributed by atoms with van der Waals surface area (Å²) in [6, 6.07) is -1.11. The van der Waals surface area contributed by atoms with Crippen molar-refractivity contribution in [1.82, 2.24) is 4.90 Å². The van der Waals surface area contributed by atoms with E-state index in [4.69, 9.17) is 24.4 Å². The Morgan fingerprint density at radius 2 is 1.50 bits per heavy atom. The predicted octanol–water partition coefficient (Wildman–Crippen LogP) is 1.12. The maximum absolute atomic E-state index is 11.9. The van der Waals surface area contributed by atoms with E-state index in [1.807, 2.05) is 0 Å².